The van der Waals surface area contributed by atoms with Gasteiger partial charge in [0.1, 0.15) is 0 Å². The standard InChI is InChI=1S/C11H15N3O/c1-6(2)10-9-8(5-12-13-10)15-14-11(9)7(3)4/h5-7H,1-4H3. The van der Waals surface area contributed by atoms with Crippen LogP contribution in [0.5, 0.6) is 0 Å². The topological polar surface area (TPSA) is 51.8 Å². The van der Waals surface area contributed by atoms with Gasteiger partial charge < -0.3 is 4.52 Å². The van der Waals surface area contributed by atoms with Crippen LogP contribution in [0.3, 0.4) is 0 Å². The van der Waals surface area contributed by atoms with Crippen molar-refractivity contribution in [3.05, 3.63) is 17.6 Å². The van der Waals surface area contributed by atoms with E-state index in [0.717, 1.165) is 22.4 Å². The summed E-state index contributed by atoms with van der Waals surface area (Å²) < 4.78 is 5.25. The van der Waals surface area contributed by atoms with E-state index in [0.29, 0.717) is 11.8 Å². The van der Waals surface area contributed by atoms with Gasteiger partial charge in [-0.15, -0.1) is 0 Å². The van der Waals surface area contributed by atoms with E-state index >= 15 is 0 Å². The van der Waals surface area contributed by atoms with Gasteiger partial charge in [0.2, 0.25) is 0 Å². The summed E-state index contributed by atoms with van der Waals surface area (Å²) in [5, 5.41) is 13.2. The molecule has 0 aliphatic rings. The molecule has 2 aromatic rings. The van der Waals surface area contributed by atoms with Gasteiger partial charge in [0.15, 0.2) is 5.58 Å². The molecule has 2 rings (SSSR count). The zero-order valence-corrected chi connectivity index (χ0v) is 9.48. The van der Waals surface area contributed by atoms with Crippen LogP contribution < -0.4 is 0 Å². The molecule has 0 aromatic carbocycles. The highest BCUT2D eigenvalue weighted by Gasteiger charge is 2.18. The average molecular weight is 205 g/mol. The van der Waals surface area contributed by atoms with Crippen LogP contribution in [-0.4, -0.2) is 15.4 Å². The quantitative estimate of drug-likeness (QED) is 0.756. The zero-order chi connectivity index (χ0) is 11.0. The number of hydrogen-bond donors (Lipinski definition) is 0. The fraction of sp³-hybridized carbons (Fsp3) is 0.545. The van der Waals surface area contributed by atoms with Crippen molar-refractivity contribution in [2.45, 2.75) is 39.5 Å². The first-order valence-electron chi connectivity index (χ1n) is 5.22. The Morgan fingerprint density at radius 1 is 1.07 bits per heavy atom. The maximum absolute atomic E-state index is 5.25. The molecule has 0 spiro atoms. The molecule has 0 aliphatic heterocycles. The van der Waals surface area contributed by atoms with Crippen LogP contribution in [-0.2, 0) is 0 Å². The van der Waals surface area contributed by atoms with E-state index in [4.69, 9.17) is 4.52 Å². The Bertz CT molecular complexity index is 474. The van der Waals surface area contributed by atoms with E-state index in [2.05, 4.69) is 43.0 Å². The highest BCUT2D eigenvalue weighted by atomic mass is 16.5. The lowest BCUT2D eigenvalue weighted by Gasteiger charge is -2.06. The van der Waals surface area contributed by atoms with Crippen molar-refractivity contribution in [1.82, 2.24) is 15.4 Å². The minimum absolute atomic E-state index is 0.332. The molecule has 0 unspecified atom stereocenters. The van der Waals surface area contributed by atoms with Crippen LogP contribution in [0.25, 0.3) is 11.0 Å². The summed E-state index contributed by atoms with van der Waals surface area (Å²) in [6.07, 6.45) is 1.63. The second-order valence-electron chi connectivity index (χ2n) is 4.35. The fourth-order valence-corrected chi connectivity index (χ4v) is 1.65. The Labute approximate surface area is 88.7 Å². The van der Waals surface area contributed by atoms with Crippen LogP contribution in [0.1, 0.15) is 50.9 Å². The highest BCUT2D eigenvalue weighted by molar-refractivity contribution is 5.81. The first-order chi connectivity index (χ1) is 7.11. The third kappa shape index (κ3) is 1.60. The lowest BCUT2D eigenvalue weighted by molar-refractivity contribution is 0.440. The van der Waals surface area contributed by atoms with Crippen LogP contribution in [0.4, 0.5) is 0 Å². The van der Waals surface area contributed by atoms with Gasteiger partial charge in [0, 0.05) is 0 Å². The Kier molecular flexibility index (Phi) is 2.42. The number of aromatic nitrogens is 3. The molecule has 0 fully saturated rings. The van der Waals surface area contributed by atoms with E-state index in [1.165, 1.54) is 0 Å². The maximum atomic E-state index is 5.25. The molecule has 0 saturated carbocycles. The molecule has 4 nitrogen and oxygen atoms in total. The minimum atomic E-state index is 0.332. The van der Waals surface area contributed by atoms with Gasteiger partial charge in [-0.25, -0.2) is 0 Å². The first-order valence-corrected chi connectivity index (χ1v) is 5.22. The van der Waals surface area contributed by atoms with Gasteiger partial charge in [-0.1, -0.05) is 32.9 Å². The Morgan fingerprint density at radius 2 is 1.73 bits per heavy atom. The Balaban J connectivity index is 2.75. The summed E-state index contributed by atoms with van der Waals surface area (Å²) >= 11 is 0. The molecular weight excluding hydrogens is 190 g/mol. The molecule has 15 heavy (non-hydrogen) atoms. The highest BCUT2D eigenvalue weighted by Crippen LogP contribution is 2.29. The monoisotopic (exact) mass is 205 g/mol. The third-order valence-corrected chi connectivity index (χ3v) is 2.44. The van der Waals surface area contributed by atoms with E-state index < -0.39 is 0 Å². The van der Waals surface area contributed by atoms with E-state index in [-0.39, 0.29) is 0 Å². The van der Waals surface area contributed by atoms with Gasteiger partial charge in [-0.3, -0.25) is 0 Å². The molecule has 0 radical (unpaired) electrons. The van der Waals surface area contributed by atoms with Crippen molar-refractivity contribution < 1.29 is 4.52 Å². The molecule has 0 amide bonds. The summed E-state index contributed by atoms with van der Waals surface area (Å²) in [6, 6.07) is 0. The zero-order valence-electron chi connectivity index (χ0n) is 9.48. The lowest BCUT2D eigenvalue weighted by atomic mass is 10.0. The molecule has 2 heterocycles. The molecule has 0 N–H and O–H groups in total. The van der Waals surface area contributed by atoms with E-state index in [1.807, 2.05) is 0 Å². The number of nitrogens with zero attached hydrogens (tertiary/aromatic N) is 3. The predicted octanol–water partition coefficient (Wildman–Crippen LogP) is 2.86. The van der Waals surface area contributed by atoms with Crippen molar-refractivity contribution >= 4 is 11.0 Å². The molecule has 0 atom stereocenters. The second kappa shape index (κ2) is 3.61. The lowest BCUT2D eigenvalue weighted by Crippen LogP contribution is -1.98. The van der Waals surface area contributed by atoms with Crippen LogP contribution in [0, 0.1) is 0 Å². The number of fused-ring (bicyclic) bond motifs is 1. The van der Waals surface area contributed by atoms with Crippen molar-refractivity contribution in [1.29, 1.82) is 0 Å². The normalized spacial score (nSPS) is 11.9. The average Bonchev–Trinajstić information content (AvgIpc) is 2.60. The van der Waals surface area contributed by atoms with Crippen LogP contribution >= 0.6 is 0 Å². The van der Waals surface area contributed by atoms with Gasteiger partial charge in [0.05, 0.1) is 23.0 Å². The molecule has 0 aliphatic carbocycles. The van der Waals surface area contributed by atoms with Crippen molar-refractivity contribution in [2.24, 2.45) is 0 Å². The van der Waals surface area contributed by atoms with E-state index in [9.17, 15) is 0 Å². The molecule has 2 aromatic heterocycles. The van der Waals surface area contributed by atoms with Crippen molar-refractivity contribution in [3.8, 4) is 0 Å². The molecule has 0 bridgehead atoms. The molecular formula is C11H15N3O. The summed E-state index contributed by atoms with van der Waals surface area (Å²) in [5.41, 5.74) is 2.68. The van der Waals surface area contributed by atoms with Gasteiger partial charge in [-0.2, -0.15) is 10.2 Å². The van der Waals surface area contributed by atoms with Gasteiger partial charge in [0.25, 0.3) is 0 Å². The number of rotatable bonds is 2. The SMILES string of the molecule is CC(C)c1nncc2onc(C(C)C)c12. The second-order valence-corrected chi connectivity index (χ2v) is 4.35. The van der Waals surface area contributed by atoms with Gasteiger partial charge >= 0.3 is 0 Å². The Hall–Kier alpha value is -1.45. The van der Waals surface area contributed by atoms with E-state index in [1.54, 1.807) is 6.20 Å². The third-order valence-electron chi connectivity index (χ3n) is 2.44. The summed E-state index contributed by atoms with van der Waals surface area (Å²) in [6.45, 7) is 8.39. The maximum Gasteiger partial charge on any atom is 0.189 e. The fourth-order valence-electron chi connectivity index (χ4n) is 1.65. The molecule has 0 saturated heterocycles. The van der Waals surface area contributed by atoms with Crippen LogP contribution in [0.2, 0.25) is 0 Å². The Morgan fingerprint density at radius 3 is 2.33 bits per heavy atom. The largest absolute Gasteiger partial charge is 0.354 e. The summed E-state index contributed by atoms with van der Waals surface area (Å²) in [7, 11) is 0. The summed E-state index contributed by atoms with van der Waals surface area (Å²) in [4.78, 5) is 0. The predicted molar refractivity (Wildman–Crippen MR) is 57.8 cm³/mol. The van der Waals surface area contributed by atoms with Crippen molar-refractivity contribution in [3.63, 3.8) is 0 Å². The van der Waals surface area contributed by atoms with Crippen LogP contribution in [0.15, 0.2) is 10.7 Å². The first kappa shape index (κ1) is 10.1. The van der Waals surface area contributed by atoms with Crippen molar-refractivity contribution in [2.75, 3.05) is 0 Å². The summed E-state index contributed by atoms with van der Waals surface area (Å²) in [5.74, 6) is 0.672. The molecule has 4 heteroatoms. The molecule has 80 valence electrons. The number of hydrogen-bond acceptors (Lipinski definition) is 4. The smallest absolute Gasteiger partial charge is 0.189 e. The van der Waals surface area contributed by atoms with Gasteiger partial charge in [-0.05, 0) is 11.8 Å². The minimum Gasteiger partial charge on any atom is -0.354 e.